The van der Waals surface area contributed by atoms with Crippen LogP contribution in [0.15, 0.2) is 12.5 Å². The van der Waals surface area contributed by atoms with E-state index in [2.05, 4.69) is 20.7 Å². The van der Waals surface area contributed by atoms with E-state index in [4.69, 9.17) is 5.11 Å². The summed E-state index contributed by atoms with van der Waals surface area (Å²) in [4.78, 5) is 28.9. The van der Waals surface area contributed by atoms with E-state index in [-0.39, 0.29) is 6.42 Å². The fourth-order valence-corrected chi connectivity index (χ4v) is 1.21. The van der Waals surface area contributed by atoms with Gasteiger partial charge in [-0.2, -0.15) is 0 Å². The monoisotopic (exact) mass is 241 g/mol. The number of H-pyrrole nitrogens is 1. The number of hydrogen-bond acceptors (Lipinski definition) is 4. The zero-order valence-electron chi connectivity index (χ0n) is 9.60. The van der Waals surface area contributed by atoms with Crippen molar-refractivity contribution in [1.29, 1.82) is 0 Å². The third kappa shape index (κ3) is 4.51. The summed E-state index contributed by atoms with van der Waals surface area (Å²) in [7, 11) is 3.26. The molecule has 0 bridgehead atoms. The van der Waals surface area contributed by atoms with E-state index < -0.39 is 18.0 Å². The van der Waals surface area contributed by atoms with Crippen molar-refractivity contribution in [1.82, 2.24) is 25.7 Å². The maximum Gasteiger partial charge on any atom is 0.330 e. The number of hydrogen-bond donors (Lipinski definition) is 4. The summed E-state index contributed by atoms with van der Waals surface area (Å²) >= 11 is 0. The summed E-state index contributed by atoms with van der Waals surface area (Å²) in [6, 6.07) is -1.57. The number of amides is 2. The number of nitrogens with zero attached hydrogens (tertiary/aromatic N) is 2. The van der Waals surface area contributed by atoms with Crippen LogP contribution in [0.4, 0.5) is 4.79 Å². The summed E-state index contributed by atoms with van der Waals surface area (Å²) in [6.07, 6.45) is 3.12. The van der Waals surface area contributed by atoms with Gasteiger partial charge in [0.1, 0.15) is 6.04 Å². The van der Waals surface area contributed by atoms with Crippen LogP contribution in [0.25, 0.3) is 0 Å². The zero-order valence-corrected chi connectivity index (χ0v) is 9.60. The molecule has 8 nitrogen and oxygen atoms in total. The van der Waals surface area contributed by atoms with Crippen molar-refractivity contribution in [3.05, 3.63) is 18.2 Å². The topological polar surface area (TPSA) is 110 Å². The average Bonchev–Trinajstić information content (AvgIpc) is 2.67. The number of carbonyl (C=O) groups excluding carboxylic acids is 1. The van der Waals surface area contributed by atoms with Crippen molar-refractivity contribution in [2.24, 2.45) is 0 Å². The normalized spacial score (nSPS) is 12.2. The SMILES string of the molecule is CN(C)NC(=O)N[C@H](Cc1cnc[nH]1)C(=O)O. The predicted octanol–water partition coefficient (Wildman–Crippen LogP) is -0.819. The minimum Gasteiger partial charge on any atom is -0.480 e. The Kier molecular flexibility index (Phi) is 4.46. The Morgan fingerprint density at radius 3 is 2.76 bits per heavy atom. The van der Waals surface area contributed by atoms with Gasteiger partial charge in [-0.1, -0.05) is 0 Å². The van der Waals surface area contributed by atoms with E-state index in [1.165, 1.54) is 17.5 Å². The van der Waals surface area contributed by atoms with E-state index >= 15 is 0 Å². The van der Waals surface area contributed by atoms with Crippen LogP contribution in [0.5, 0.6) is 0 Å². The molecule has 1 aromatic heterocycles. The van der Waals surface area contributed by atoms with Crippen LogP contribution in [0, 0.1) is 0 Å². The lowest BCUT2D eigenvalue weighted by Gasteiger charge is -2.17. The number of hydrazine groups is 1. The molecule has 94 valence electrons. The van der Waals surface area contributed by atoms with E-state index in [1.54, 1.807) is 14.1 Å². The van der Waals surface area contributed by atoms with Crippen LogP contribution in [-0.4, -0.2) is 52.2 Å². The van der Waals surface area contributed by atoms with Crippen molar-refractivity contribution >= 4 is 12.0 Å². The van der Waals surface area contributed by atoms with Gasteiger partial charge in [-0.25, -0.2) is 19.6 Å². The van der Waals surface area contributed by atoms with Gasteiger partial charge in [-0.05, 0) is 0 Å². The fraction of sp³-hybridized carbons (Fsp3) is 0.444. The second kappa shape index (κ2) is 5.85. The fourth-order valence-electron chi connectivity index (χ4n) is 1.21. The molecule has 1 rings (SSSR count). The van der Waals surface area contributed by atoms with Crippen molar-refractivity contribution in [2.45, 2.75) is 12.5 Å². The molecule has 0 fully saturated rings. The lowest BCUT2D eigenvalue weighted by molar-refractivity contribution is -0.139. The standard InChI is InChI=1S/C9H15N5O3/c1-14(2)13-9(17)12-7(8(15)16)3-6-4-10-5-11-6/h4-5,7H,3H2,1-2H3,(H,10,11)(H,15,16)(H2,12,13,17)/t7-/m1/s1. The quantitative estimate of drug-likeness (QED) is 0.503. The van der Waals surface area contributed by atoms with Gasteiger partial charge in [-0.3, -0.25) is 5.43 Å². The van der Waals surface area contributed by atoms with Crippen LogP contribution in [0.2, 0.25) is 0 Å². The summed E-state index contributed by atoms with van der Waals surface area (Å²) in [5.41, 5.74) is 3.04. The van der Waals surface area contributed by atoms with Crippen LogP contribution in [-0.2, 0) is 11.2 Å². The van der Waals surface area contributed by atoms with Gasteiger partial charge < -0.3 is 15.4 Å². The third-order valence-electron chi connectivity index (χ3n) is 1.91. The number of nitrogens with one attached hydrogen (secondary N) is 3. The Morgan fingerprint density at radius 1 is 1.59 bits per heavy atom. The maximum atomic E-state index is 11.3. The smallest absolute Gasteiger partial charge is 0.330 e. The molecule has 0 saturated carbocycles. The Bertz CT molecular complexity index is 376. The summed E-state index contributed by atoms with van der Waals surface area (Å²) in [6.45, 7) is 0. The molecule has 0 radical (unpaired) electrons. The van der Waals surface area contributed by atoms with Crippen molar-refractivity contribution in [2.75, 3.05) is 14.1 Å². The van der Waals surface area contributed by atoms with Gasteiger partial charge in [0.2, 0.25) is 0 Å². The summed E-state index contributed by atoms with van der Waals surface area (Å²) in [5, 5.41) is 12.7. The Hall–Kier alpha value is -2.09. The lowest BCUT2D eigenvalue weighted by atomic mass is 10.2. The van der Waals surface area contributed by atoms with Gasteiger partial charge in [0, 0.05) is 32.4 Å². The first-order chi connectivity index (χ1) is 7.99. The summed E-state index contributed by atoms with van der Waals surface area (Å²) in [5.74, 6) is -1.10. The summed E-state index contributed by atoms with van der Waals surface area (Å²) < 4.78 is 0. The molecule has 17 heavy (non-hydrogen) atoms. The maximum absolute atomic E-state index is 11.3. The molecule has 0 aliphatic heterocycles. The average molecular weight is 241 g/mol. The highest BCUT2D eigenvalue weighted by Crippen LogP contribution is 1.98. The predicted molar refractivity (Wildman–Crippen MR) is 59.1 cm³/mol. The first-order valence-electron chi connectivity index (χ1n) is 4.93. The Labute approximate surface area is 98.0 Å². The third-order valence-corrected chi connectivity index (χ3v) is 1.91. The minimum absolute atomic E-state index is 0.149. The number of imidazole rings is 1. The van der Waals surface area contributed by atoms with E-state index in [0.29, 0.717) is 5.69 Å². The highest BCUT2D eigenvalue weighted by atomic mass is 16.4. The van der Waals surface area contributed by atoms with Crippen LogP contribution in [0.1, 0.15) is 5.69 Å². The molecule has 1 heterocycles. The Balaban J connectivity index is 2.55. The van der Waals surface area contributed by atoms with Crippen LogP contribution < -0.4 is 10.7 Å². The molecule has 1 atom stereocenters. The highest BCUT2D eigenvalue weighted by molar-refractivity contribution is 5.82. The zero-order chi connectivity index (χ0) is 12.8. The van der Waals surface area contributed by atoms with Crippen LogP contribution in [0.3, 0.4) is 0 Å². The van der Waals surface area contributed by atoms with Crippen molar-refractivity contribution in [3.63, 3.8) is 0 Å². The van der Waals surface area contributed by atoms with Crippen molar-refractivity contribution < 1.29 is 14.7 Å². The van der Waals surface area contributed by atoms with E-state index in [1.807, 2.05) is 0 Å². The lowest BCUT2D eigenvalue weighted by Crippen LogP contribution is -2.50. The number of urea groups is 1. The van der Waals surface area contributed by atoms with Gasteiger partial charge in [0.15, 0.2) is 0 Å². The second-order valence-corrected chi connectivity index (χ2v) is 3.65. The van der Waals surface area contributed by atoms with Gasteiger partial charge in [-0.15, -0.1) is 0 Å². The molecule has 1 aromatic rings. The first-order valence-corrected chi connectivity index (χ1v) is 4.93. The molecule has 8 heteroatoms. The highest BCUT2D eigenvalue weighted by Gasteiger charge is 2.21. The molecule has 0 saturated heterocycles. The molecular weight excluding hydrogens is 226 g/mol. The van der Waals surface area contributed by atoms with E-state index in [9.17, 15) is 9.59 Å². The van der Waals surface area contributed by atoms with Gasteiger partial charge in [0.25, 0.3) is 0 Å². The van der Waals surface area contributed by atoms with Crippen LogP contribution >= 0.6 is 0 Å². The molecular formula is C9H15N5O3. The number of rotatable bonds is 5. The number of carboxylic acid groups (broad SMARTS) is 1. The second-order valence-electron chi connectivity index (χ2n) is 3.65. The molecule has 0 aliphatic carbocycles. The number of aliphatic carboxylic acids is 1. The molecule has 0 aliphatic rings. The number of aromatic amines is 1. The molecule has 0 aromatic carbocycles. The van der Waals surface area contributed by atoms with Crippen molar-refractivity contribution in [3.8, 4) is 0 Å². The first kappa shape index (κ1) is 13.0. The molecule has 0 spiro atoms. The number of carbonyl (C=O) groups is 2. The van der Waals surface area contributed by atoms with E-state index in [0.717, 1.165) is 0 Å². The molecule has 2 amide bonds. The van der Waals surface area contributed by atoms with Gasteiger partial charge >= 0.3 is 12.0 Å². The largest absolute Gasteiger partial charge is 0.480 e. The number of aromatic nitrogens is 2. The number of carboxylic acids is 1. The molecule has 4 N–H and O–H groups in total. The minimum atomic E-state index is -1.10. The van der Waals surface area contributed by atoms with Gasteiger partial charge in [0.05, 0.1) is 6.33 Å². The molecule has 0 unspecified atom stereocenters. The Morgan fingerprint density at radius 2 is 2.29 bits per heavy atom.